The number of amides is 1. The van der Waals surface area contributed by atoms with E-state index in [0.29, 0.717) is 24.0 Å². The maximum atomic E-state index is 11.9. The molecule has 1 heterocycles. The van der Waals surface area contributed by atoms with Crippen LogP contribution in [0.1, 0.15) is 42.0 Å². The maximum Gasteiger partial charge on any atom is 0.287 e. The topological polar surface area (TPSA) is 68.3 Å². The summed E-state index contributed by atoms with van der Waals surface area (Å²) in [5.74, 6) is 3.32. The van der Waals surface area contributed by atoms with E-state index in [9.17, 15) is 4.79 Å². The smallest absolute Gasteiger partial charge is 0.287 e. The molecule has 0 aliphatic heterocycles. The fraction of sp³-hybridized carbons (Fsp3) is 0.643. The average molecular weight is 248 g/mol. The Kier molecular flexibility index (Phi) is 3.12. The summed E-state index contributed by atoms with van der Waals surface area (Å²) in [6.45, 7) is 1.13. The standard InChI is InChI=1S/C14H20N2O2/c15-7-11-5-6-13(18-11)14(17)16-8-12(9-1-2-9)10-3-4-10/h5-6,9-10,12H,1-4,7-8,15H2,(H,16,17). The predicted octanol–water partition coefficient (Wildman–Crippen LogP) is 1.90. The summed E-state index contributed by atoms with van der Waals surface area (Å²) in [4.78, 5) is 11.9. The third kappa shape index (κ3) is 2.58. The lowest BCUT2D eigenvalue weighted by Crippen LogP contribution is -2.30. The zero-order valence-electron chi connectivity index (χ0n) is 10.5. The van der Waals surface area contributed by atoms with Crippen molar-refractivity contribution in [3.63, 3.8) is 0 Å². The van der Waals surface area contributed by atoms with Gasteiger partial charge in [-0.05, 0) is 55.6 Å². The molecule has 0 atom stereocenters. The summed E-state index contributed by atoms with van der Waals surface area (Å²) in [6, 6.07) is 3.45. The van der Waals surface area contributed by atoms with Crippen molar-refractivity contribution in [1.82, 2.24) is 5.32 Å². The molecular formula is C14H20N2O2. The Morgan fingerprint density at radius 3 is 2.50 bits per heavy atom. The number of hydrogen-bond donors (Lipinski definition) is 2. The number of hydrogen-bond acceptors (Lipinski definition) is 3. The van der Waals surface area contributed by atoms with Crippen LogP contribution < -0.4 is 11.1 Å². The molecule has 0 radical (unpaired) electrons. The van der Waals surface area contributed by atoms with Crippen molar-refractivity contribution < 1.29 is 9.21 Å². The normalized spacial score (nSPS) is 19.2. The second-order valence-corrected chi connectivity index (χ2v) is 5.52. The monoisotopic (exact) mass is 248 g/mol. The quantitative estimate of drug-likeness (QED) is 0.808. The SMILES string of the molecule is NCc1ccc(C(=O)NCC(C2CC2)C2CC2)o1. The number of nitrogens with one attached hydrogen (secondary N) is 1. The average Bonchev–Trinajstić information content (AvgIpc) is 3.30. The van der Waals surface area contributed by atoms with Crippen LogP contribution in [0.5, 0.6) is 0 Å². The lowest BCUT2D eigenvalue weighted by molar-refractivity contribution is 0.0914. The van der Waals surface area contributed by atoms with Gasteiger partial charge in [-0.25, -0.2) is 0 Å². The van der Waals surface area contributed by atoms with Gasteiger partial charge in [0.25, 0.3) is 5.91 Å². The van der Waals surface area contributed by atoms with Crippen molar-refractivity contribution in [1.29, 1.82) is 0 Å². The van der Waals surface area contributed by atoms with Gasteiger partial charge < -0.3 is 15.5 Å². The van der Waals surface area contributed by atoms with Gasteiger partial charge >= 0.3 is 0 Å². The van der Waals surface area contributed by atoms with E-state index >= 15 is 0 Å². The minimum atomic E-state index is -0.110. The molecule has 2 aliphatic rings. The highest BCUT2D eigenvalue weighted by atomic mass is 16.4. The minimum Gasteiger partial charge on any atom is -0.455 e. The van der Waals surface area contributed by atoms with Crippen LogP contribution in [0.4, 0.5) is 0 Å². The van der Waals surface area contributed by atoms with E-state index in [1.165, 1.54) is 25.7 Å². The van der Waals surface area contributed by atoms with Crippen LogP contribution in [-0.4, -0.2) is 12.5 Å². The van der Waals surface area contributed by atoms with Crippen molar-refractivity contribution in [2.75, 3.05) is 6.54 Å². The molecule has 3 rings (SSSR count). The Bertz CT molecular complexity index is 421. The molecular weight excluding hydrogens is 228 g/mol. The van der Waals surface area contributed by atoms with Crippen LogP contribution in [0.3, 0.4) is 0 Å². The molecule has 0 spiro atoms. The largest absolute Gasteiger partial charge is 0.455 e. The maximum absolute atomic E-state index is 11.9. The summed E-state index contributed by atoms with van der Waals surface area (Å²) >= 11 is 0. The Balaban J connectivity index is 1.53. The van der Waals surface area contributed by atoms with E-state index in [2.05, 4.69) is 5.32 Å². The summed E-state index contributed by atoms with van der Waals surface area (Å²) in [5, 5.41) is 3.01. The molecule has 4 nitrogen and oxygen atoms in total. The molecule has 1 aromatic heterocycles. The van der Waals surface area contributed by atoms with Gasteiger partial charge in [0, 0.05) is 6.54 Å². The van der Waals surface area contributed by atoms with Gasteiger partial charge in [-0.15, -0.1) is 0 Å². The van der Waals surface area contributed by atoms with Crippen molar-refractivity contribution in [3.05, 3.63) is 23.7 Å². The number of carbonyl (C=O) groups is 1. The molecule has 3 N–H and O–H groups in total. The predicted molar refractivity (Wildman–Crippen MR) is 67.9 cm³/mol. The van der Waals surface area contributed by atoms with Crippen LogP contribution in [0, 0.1) is 17.8 Å². The lowest BCUT2D eigenvalue weighted by atomic mass is 9.98. The Hall–Kier alpha value is -1.29. The third-order valence-corrected chi connectivity index (χ3v) is 4.04. The fourth-order valence-corrected chi connectivity index (χ4v) is 2.67. The molecule has 98 valence electrons. The summed E-state index contributed by atoms with van der Waals surface area (Å²) in [7, 11) is 0. The van der Waals surface area contributed by atoms with Crippen molar-refractivity contribution in [2.24, 2.45) is 23.5 Å². The molecule has 1 aromatic rings. The van der Waals surface area contributed by atoms with E-state index in [4.69, 9.17) is 10.2 Å². The van der Waals surface area contributed by atoms with E-state index in [-0.39, 0.29) is 5.91 Å². The third-order valence-electron chi connectivity index (χ3n) is 4.04. The number of rotatable bonds is 6. The van der Waals surface area contributed by atoms with Gasteiger partial charge in [0.2, 0.25) is 0 Å². The van der Waals surface area contributed by atoms with Crippen LogP contribution in [0.25, 0.3) is 0 Å². The Labute approximate surface area is 107 Å². The van der Waals surface area contributed by atoms with E-state index in [0.717, 1.165) is 18.4 Å². The summed E-state index contributed by atoms with van der Waals surface area (Å²) in [5.41, 5.74) is 5.46. The van der Waals surface area contributed by atoms with E-state index in [1.807, 2.05) is 0 Å². The van der Waals surface area contributed by atoms with Crippen molar-refractivity contribution >= 4 is 5.91 Å². The lowest BCUT2D eigenvalue weighted by Gasteiger charge is -2.15. The van der Waals surface area contributed by atoms with Crippen LogP contribution in [-0.2, 0) is 6.54 Å². The molecule has 18 heavy (non-hydrogen) atoms. The molecule has 2 aliphatic carbocycles. The first kappa shape index (κ1) is 11.8. The van der Waals surface area contributed by atoms with E-state index < -0.39 is 0 Å². The fourth-order valence-electron chi connectivity index (χ4n) is 2.67. The molecule has 4 heteroatoms. The summed E-state index contributed by atoms with van der Waals surface area (Å²) < 4.78 is 5.34. The second kappa shape index (κ2) is 4.76. The zero-order valence-corrected chi connectivity index (χ0v) is 10.5. The van der Waals surface area contributed by atoms with Gasteiger partial charge in [-0.2, -0.15) is 0 Å². The molecule has 0 unspecified atom stereocenters. The first-order valence-corrected chi connectivity index (χ1v) is 6.85. The van der Waals surface area contributed by atoms with E-state index in [1.54, 1.807) is 12.1 Å². The first-order valence-electron chi connectivity index (χ1n) is 6.85. The molecule has 0 bridgehead atoms. The highest BCUT2D eigenvalue weighted by molar-refractivity contribution is 5.91. The van der Waals surface area contributed by atoms with Gasteiger partial charge in [0.1, 0.15) is 5.76 Å². The van der Waals surface area contributed by atoms with Gasteiger partial charge in [-0.1, -0.05) is 0 Å². The molecule has 2 saturated carbocycles. The molecule has 0 saturated heterocycles. The van der Waals surface area contributed by atoms with Crippen LogP contribution >= 0.6 is 0 Å². The molecule has 2 fully saturated rings. The second-order valence-electron chi connectivity index (χ2n) is 5.52. The van der Waals surface area contributed by atoms with Crippen LogP contribution in [0.2, 0.25) is 0 Å². The number of carbonyl (C=O) groups excluding carboxylic acids is 1. The zero-order chi connectivity index (χ0) is 12.5. The van der Waals surface area contributed by atoms with Gasteiger partial charge in [0.15, 0.2) is 5.76 Å². The van der Waals surface area contributed by atoms with Gasteiger partial charge in [0.05, 0.1) is 6.54 Å². The van der Waals surface area contributed by atoms with Gasteiger partial charge in [-0.3, -0.25) is 4.79 Å². The summed E-state index contributed by atoms with van der Waals surface area (Å²) in [6.07, 6.45) is 5.37. The first-order chi connectivity index (χ1) is 8.78. The highest BCUT2D eigenvalue weighted by Gasteiger charge is 2.41. The van der Waals surface area contributed by atoms with Crippen molar-refractivity contribution in [3.8, 4) is 0 Å². The highest BCUT2D eigenvalue weighted by Crippen LogP contribution is 2.48. The molecule has 0 aromatic carbocycles. The minimum absolute atomic E-state index is 0.110. The Morgan fingerprint density at radius 1 is 1.33 bits per heavy atom. The van der Waals surface area contributed by atoms with Crippen molar-refractivity contribution in [2.45, 2.75) is 32.2 Å². The number of furan rings is 1. The number of nitrogens with two attached hydrogens (primary N) is 1. The Morgan fingerprint density at radius 2 is 2.00 bits per heavy atom. The van der Waals surface area contributed by atoms with Crippen LogP contribution in [0.15, 0.2) is 16.5 Å². The molecule has 1 amide bonds.